The lowest BCUT2D eigenvalue weighted by molar-refractivity contribution is 0.259. The monoisotopic (exact) mass is 271 g/mol. The zero-order valence-corrected chi connectivity index (χ0v) is 11.3. The molecule has 0 unspecified atom stereocenters. The van der Waals surface area contributed by atoms with Gasteiger partial charge in [0.15, 0.2) is 0 Å². The summed E-state index contributed by atoms with van der Waals surface area (Å²) in [5.41, 5.74) is 7.36. The number of ether oxygens (including phenoxy) is 1. The number of rotatable bonds is 5. The molecule has 2 aromatic rings. The number of urea groups is 1. The van der Waals surface area contributed by atoms with Crippen LogP contribution in [0.15, 0.2) is 42.6 Å². The number of nitrogens with one attached hydrogen (secondary N) is 1. The summed E-state index contributed by atoms with van der Waals surface area (Å²) in [7, 11) is 1.66. The van der Waals surface area contributed by atoms with Gasteiger partial charge in [0.05, 0.1) is 7.11 Å². The van der Waals surface area contributed by atoms with Crippen molar-refractivity contribution >= 4 is 11.8 Å². The predicted octanol–water partition coefficient (Wildman–Crippen LogP) is 2.37. The standard InChI is InChI=1S/C15H17N3O2/c1-20-13-4-2-3-11(9-13)5-6-12-7-8-17-14(10-12)18-15(16)19/h2-4,7-10H,5-6H2,1H3,(H3,16,17,18,19). The van der Waals surface area contributed by atoms with E-state index in [9.17, 15) is 4.79 Å². The van der Waals surface area contributed by atoms with Crippen molar-refractivity contribution in [2.75, 3.05) is 12.4 Å². The molecule has 20 heavy (non-hydrogen) atoms. The molecule has 2 amide bonds. The Hall–Kier alpha value is -2.56. The predicted molar refractivity (Wildman–Crippen MR) is 77.8 cm³/mol. The van der Waals surface area contributed by atoms with Crippen molar-refractivity contribution in [3.8, 4) is 5.75 Å². The SMILES string of the molecule is COc1cccc(CCc2ccnc(NC(N)=O)c2)c1. The maximum absolute atomic E-state index is 10.8. The molecule has 5 heteroatoms. The van der Waals surface area contributed by atoms with E-state index in [0.29, 0.717) is 5.82 Å². The van der Waals surface area contributed by atoms with Crippen LogP contribution in [0, 0.1) is 0 Å². The Morgan fingerprint density at radius 3 is 2.70 bits per heavy atom. The first kappa shape index (κ1) is 13.9. The van der Waals surface area contributed by atoms with Crippen molar-refractivity contribution in [2.45, 2.75) is 12.8 Å². The minimum Gasteiger partial charge on any atom is -0.497 e. The fraction of sp³-hybridized carbons (Fsp3) is 0.200. The van der Waals surface area contributed by atoms with Crippen molar-refractivity contribution in [1.82, 2.24) is 4.98 Å². The molecule has 0 bridgehead atoms. The minimum atomic E-state index is -0.609. The third kappa shape index (κ3) is 3.98. The maximum Gasteiger partial charge on any atom is 0.317 e. The van der Waals surface area contributed by atoms with Crippen molar-refractivity contribution < 1.29 is 9.53 Å². The summed E-state index contributed by atoms with van der Waals surface area (Å²) < 4.78 is 5.20. The second-order valence-electron chi connectivity index (χ2n) is 4.39. The number of nitrogens with zero attached hydrogens (tertiary/aromatic N) is 1. The summed E-state index contributed by atoms with van der Waals surface area (Å²) in [5.74, 6) is 1.33. The van der Waals surface area contributed by atoms with Crippen LogP contribution in [0.4, 0.5) is 10.6 Å². The lowest BCUT2D eigenvalue weighted by Gasteiger charge is -2.06. The highest BCUT2D eigenvalue weighted by atomic mass is 16.5. The van der Waals surface area contributed by atoms with E-state index < -0.39 is 6.03 Å². The van der Waals surface area contributed by atoms with E-state index in [-0.39, 0.29) is 0 Å². The molecule has 0 aliphatic rings. The van der Waals surface area contributed by atoms with E-state index in [2.05, 4.69) is 16.4 Å². The van der Waals surface area contributed by atoms with Crippen molar-refractivity contribution in [3.63, 3.8) is 0 Å². The molecule has 1 aromatic carbocycles. The number of nitrogens with two attached hydrogens (primary N) is 1. The fourth-order valence-corrected chi connectivity index (χ4v) is 1.94. The minimum absolute atomic E-state index is 0.473. The average molecular weight is 271 g/mol. The number of anilines is 1. The fourth-order valence-electron chi connectivity index (χ4n) is 1.94. The molecule has 0 fully saturated rings. The van der Waals surface area contributed by atoms with Crippen LogP contribution in [-0.2, 0) is 12.8 Å². The van der Waals surface area contributed by atoms with Crippen LogP contribution in [0.2, 0.25) is 0 Å². The third-order valence-electron chi connectivity index (χ3n) is 2.91. The molecule has 0 spiro atoms. The third-order valence-corrected chi connectivity index (χ3v) is 2.91. The van der Waals surface area contributed by atoms with Gasteiger partial charge in [-0.25, -0.2) is 9.78 Å². The molecule has 2 rings (SSSR count). The lowest BCUT2D eigenvalue weighted by atomic mass is 10.1. The number of amides is 2. The Labute approximate surface area is 117 Å². The van der Waals surface area contributed by atoms with Crippen LogP contribution >= 0.6 is 0 Å². The second-order valence-corrected chi connectivity index (χ2v) is 4.39. The Morgan fingerprint density at radius 2 is 2.00 bits per heavy atom. The summed E-state index contributed by atoms with van der Waals surface area (Å²) in [6.45, 7) is 0. The van der Waals surface area contributed by atoms with Gasteiger partial charge in [0.2, 0.25) is 0 Å². The number of aromatic nitrogens is 1. The molecule has 104 valence electrons. The number of hydrogen-bond acceptors (Lipinski definition) is 3. The van der Waals surface area contributed by atoms with E-state index >= 15 is 0 Å². The number of primary amides is 1. The van der Waals surface area contributed by atoms with E-state index in [4.69, 9.17) is 10.5 Å². The van der Waals surface area contributed by atoms with Gasteiger partial charge in [-0.1, -0.05) is 12.1 Å². The molecular weight excluding hydrogens is 254 g/mol. The summed E-state index contributed by atoms with van der Waals surface area (Å²) in [6.07, 6.45) is 3.40. The topological polar surface area (TPSA) is 77.2 Å². The van der Waals surface area contributed by atoms with Crippen molar-refractivity contribution in [1.29, 1.82) is 0 Å². The first-order chi connectivity index (χ1) is 9.67. The number of hydrogen-bond donors (Lipinski definition) is 2. The van der Waals surface area contributed by atoms with Crippen LogP contribution in [0.1, 0.15) is 11.1 Å². The van der Waals surface area contributed by atoms with Gasteiger partial charge in [0.1, 0.15) is 11.6 Å². The molecular formula is C15H17N3O2. The summed E-state index contributed by atoms with van der Waals surface area (Å²) in [6, 6.07) is 11.1. The molecule has 5 nitrogen and oxygen atoms in total. The summed E-state index contributed by atoms with van der Waals surface area (Å²) in [5, 5.41) is 2.47. The van der Waals surface area contributed by atoms with Crippen LogP contribution in [0.5, 0.6) is 5.75 Å². The number of pyridine rings is 1. The van der Waals surface area contributed by atoms with Gasteiger partial charge in [-0.2, -0.15) is 0 Å². The Kier molecular flexibility index (Phi) is 4.55. The Morgan fingerprint density at radius 1 is 1.25 bits per heavy atom. The highest BCUT2D eigenvalue weighted by Gasteiger charge is 2.01. The molecule has 0 saturated heterocycles. The number of methoxy groups -OCH3 is 1. The number of aryl methyl sites for hydroxylation is 2. The van der Waals surface area contributed by atoms with Crippen LogP contribution in [0.3, 0.4) is 0 Å². The highest BCUT2D eigenvalue weighted by Crippen LogP contribution is 2.15. The van der Waals surface area contributed by atoms with E-state index in [1.165, 1.54) is 5.56 Å². The van der Waals surface area contributed by atoms with Crippen LogP contribution in [0.25, 0.3) is 0 Å². The van der Waals surface area contributed by atoms with Gasteiger partial charge < -0.3 is 10.5 Å². The van der Waals surface area contributed by atoms with E-state index in [1.54, 1.807) is 13.3 Å². The largest absolute Gasteiger partial charge is 0.497 e. The van der Waals surface area contributed by atoms with Gasteiger partial charge in [-0.15, -0.1) is 0 Å². The quantitative estimate of drug-likeness (QED) is 0.876. The number of benzene rings is 1. The smallest absolute Gasteiger partial charge is 0.317 e. The van der Waals surface area contributed by atoms with E-state index in [0.717, 1.165) is 24.2 Å². The number of carbonyl (C=O) groups excluding carboxylic acids is 1. The summed E-state index contributed by atoms with van der Waals surface area (Å²) in [4.78, 5) is 14.8. The normalized spacial score (nSPS) is 10.1. The molecule has 0 radical (unpaired) electrons. The molecule has 0 atom stereocenters. The zero-order chi connectivity index (χ0) is 14.4. The van der Waals surface area contributed by atoms with Gasteiger partial charge in [-0.05, 0) is 48.2 Å². The molecule has 0 aliphatic heterocycles. The molecule has 3 N–H and O–H groups in total. The highest BCUT2D eigenvalue weighted by molar-refractivity contribution is 5.86. The van der Waals surface area contributed by atoms with Gasteiger partial charge in [0.25, 0.3) is 0 Å². The van der Waals surface area contributed by atoms with Crippen LogP contribution in [-0.4, -0.2) is 18.1 Å². The molecule has 1 aromatic heterocycles. The Balaban J connectivity index is 2.01. The number of carbonyl (C=O) groups is 1. The summed E-state index contributed by atoms with van der Waals surface area (Å²) >= 11 is 0. The molecule has 0 aliphatic carbocycles. The van der Waals surface area contributed by atoms with Gasteiger partial charge in [0, 0.05) is 6.20 Å². The maximum atomic E-state index is 10.8. The molecule has 0 saturated carbocycles. The lowest BCUT2D eigenvalue weighted by Crippen LogP contribution is -2.20. The van der Waals surface area contributed by atoms with Crippen LogP contribution < -0.4 is 15.8 Å². The first-order valence-electron chi connectivity index (χ1n) is 6.31. The zero-order valence-electron chi connectivity index (χ0n) is 11.3. The van der Waals surface area contributed by atoms with Crippen molar-refractivity contribution in [2.24, 2.45) is 5.73 Å². The van der Waals surface area contributed by atoms with Gasteiger partial charge >= 0.3 is 6.03 Å². The second kappa shape index (κ2) is 6.56. The van der Waals surface area contributed by atoms with Crippen molar-refractivity contribution in [3.05, 3.63) is 53.7 Å². The van der Waals surface area contributed by atoms with Gasteiger partial charge in [-0.3, -0.25) is 5.32 Å². The van der Waals surface area contributed by atoms with E-state index in [1.807, 2.05) is 30.3 Å². The first-order valence-corrected chi connectivity index (χ1v) is 6.31. The Bertz CT molecular complexity index is 599. The average Bonchev–Trinajstić information content (AvgIpc) is 2.45. The molecule has 1 heterocycles.